The molecule has 2 aromatic rings. The molecule has 1 aliphatic heterocycles. The molecule has 2 aromatic carbocycles. The van der Waals surface area contributed by atoms with Crippen LogP contribution in [-0.4, -0.2) is 23.0 Å². The minimum absolute atomic E-state index is 0.00938. The van der Waals surface area contributed by atoms with E-state index in [4.69, 9.17) is 4.74 Å². The third kappa shape index (κ3) is 5.35. The van der Waals surface area contributed by atoms with Gasteiger partial charge in [0.1, 0.15) is 12.4 Å². The van der Waals surface area contributed by atoms with Crippen molar-refractivity contribution in [2.45, 2.75) is 71.2 Å². The van der Waals surface area contributed by atoms with Crippen molar-refractivity contribution >= 4 is 5.91 Å². The van der Waals surface area contributed by atoms with Gasteiger partial charge in [-0.05, 0) is 76.8 Å². The van der Waals surface area contributed by atoms with Crippen LogP contribution < -0.4 is 15.4 Å². The van der Waals surface area contributed by atoms with E-state index in [1.807, 2.05) is 55.5 Å². The highest BCUT2D eigenvalue weighted by atomic mass is 16.5. The maximum atomic E-state index is 12.7. The first-order chi connectivity index (χ1) is 13.1. The van der Waals surface area contributed by atoms with Crippen LogP contribution in [0, 0.1) is 6.92 Å². The molecule has 0 aliphatic carbocycles. The number of carbonyl (C=O) groups is 1. The van der Waals surface area contributed by atoms with E-state index in [9.17, 15) is 4.79 Å². The number of nitrogens with one attached hydrogen (secondary N) is 2. The van der Waals surface area contributed by atoms with E-state index in [-0.39, 0.29) is 23.0 Å². The van der Waals surface area contributed by atoms with Crippen LogP contribution in [0.2, 0.25) is 0 Å². The molecule has 0 atom stereocenters. The SMILES string of the molecule is Cc1ccccc1OCc1ccc(C(=O)NC2CC(C)(C)NC(C)(C)C2)cc1. The molecule has 28 heavy (non-hydrogen) atoms. The molecule has 0 aromatic heterocycles. The molecule has 1 aliphatic rings. The Labute approximate surface area is 168 Å². The van der Waals surface area contributed by atoms with Gasteiger partial charge in [0, 0.05) is 22.7 Å². The Kier molecular flexibility index (Phi) is 5.80. The van der Waals surface area contributed by atoms with E-state index in [0.29, 0.717) is 12.2 Å². The Morgan fingerprint density at radius 3 is 2.25 bits per heavy atom. The highest BCUT2D eigenvalue weighted by Gasteiger charge is 2.38. The fourth-order valence-electron chi connectivity index (χ4n) is 4.32. The number of rotatable bonds is 5. The number of ether oxygens (including phenoxy) is 1. The Hall–Kier alpha value is -2.33. The second-order valence-electron chi connectivity index (χ2n) is 9.22. The van der Waals surface area contributed by atoms with Gasteiger partial charge in [0.05, 0.1) is 0 Å². The Balaban J connectivity index is 1.58. The lowest BCUT2D eigenvalue weighted by atomic mass is 9.79. The number of aryl methyl sites for hydroxylation is 1. The number of hydrogen-bond acceptors (Lipinski definition) is 3. The Bertz CT molecular complexity index is 809. The minimum Gasteiger partial charge on any atom is -0.489 e. The molecule has 4 nitrogen and oxygen atoms in total. The van der Waals surface area contributed by atoms with Gasteiger partial charge in [0.25, 0.3) is 5.91 Å². The van der Waals surface area contributed by atoms with Gasteiger partial charge in [0.2, 0.25) is 0 Å². The second-order valence-corrected chi connectivity index (χ2v) is 9.22. The van der Waals surface area contributed by atoms with Gasteiger partial charge in [-0.1, -0.05) is 30.3 Å². The molecule has 4 heteroatoms. The van der Waals surface area contributed by atoms with E-state index in [1.54, 1.807) is 0 Å². The maximum absolute atomic E-state index is 12.7. The minimum atomic E-state index is -0.00938. The van der Waals surface area contributed by atoms with Crippen LogP contribution in [0.15, 0.2) is 48.5 Å². The van der Waals surface area contributed by atoms with Crippen LogP contribution in [0.1, 0.15) is 62.0 Å². The monoisotopic (exact) mass is 380 g/mol. The van der Waals surface area contributed by atoms with Crippen LogP contribution in [0.3, 0.4) is 0 Å². The van der Waals surface area contributed by atoms with E-state index in [2.05, 4.69) is 38.3 Å². The van der Waals surface area contributed by atoms with E-state index in [1.165, 1.54) is 0 Å². The van der Waals surface area contributed by atoms with Crippen molar-refractivity contribution < 1.29 is 9.53 Å². The molecule has 0 radical (unpaired) electrons. The van der Waals surface area contributed by atoms with Gasteiger partial charge < -0.3 is 15.4 Å². The lowest BCUT2D eigenvalue weighted by molar-refractivity contribution is 0.0873. The average Bonchev–Trinajstić information content (AvgIpc) is 2.58. The van der Waals surface area contributed by atoms with Crippen LogP contribution in [0.5, 0.6) is 5.75 Å². The summed E-state index contributed by atoms with van der Waals surface area (Å²) in [4.78, 5) is 12.7. The number of hydrogen-bond donors (Lipinski definition) is 2. The quantitative estimate of drug-likeness (QED) is 0.796. The van der Waals surface area contributed by atoms with Crippen LogP contribution >= 0.6 is 0 Å². The molecule has 0 saturated carbocycles. The van der Waals surface area contributed by atoms with Crippen molar-refractivity contribution in [3.8, 4) is 5.75 Å². The molecule has 1 saturated heterocycles. The number of carbonyl (C=O) groups excluding carboxylic acids is 1. The summed E-state index contributed by atoms with van der Waals surface area (Å²) in [5.41, 5.74) is 2.87. The number of amides is 1. The van der Waals surface area contributed by atoms with Crippen molar-refractivity contribution in [2.75, 3.05) is 0 Å². The summed E-state index contributed by atoms with van der Waals surface area (Å²) in [6.07, 6.45) is 1.84. The highest BCUT2D eigenvalue weighted by molar-refractivity contribution is 5.94. The Morgan fingerprint density at radius 2 is 1.64 bits per heavy atom. The first-order valence-corrected chi connectivity index (χ1v) is 10.0. The van der Waals surface area contributed by atoms with Gasteiger partial charge in [-0.3, -0.25) is 4.79 Å². The fraction of sp³-hybridized carbons (Fsp3) is 0.458. The highest BCUT2D eigenvalue weighted by Crippen LogP contribution is 2.28. The van der Waals surface area contributed by atoms with Gasteiger partial charge in [0.15, 0.2) is 0 Å². The van der Waals surface area contributed by atoms with Gasteiger partial charge in [-0.2, -0.15) is 0 Å². The maximum Gasteiger partial charge on any atom is 0.251 e. The average molecular weight is 381 g/mol. The molecule has 0 spiro atoms. The molecule has 1 amide bonds. The molecule has 1 heterocycles. The van der Waals surface area contributed by atoms with Crippen LogP contribution in [-0.2, 0) is 6.61 Å². The Morgan fingerprint density at radius 1 is 1.04 bits per heavy atom. The fourth-order valence-corrected chi connectivity index (χ4v) is 4.32. The molecule has 0 bridgehead atoms. The summed E-state index contributed by atoms with van der Waals surface area (Å²) < 4.78 is 5.88. The van der Waals surface area contributed by atoms with E-state index >= 15 is 0 Å². The molecule has 3 rings (SSSR count). The van der Waals surface area contributed by atoms with E-state index < -0.39 is 0 Å². The van der Waals surface area contributed by atoms with Gasteiger partial charge in [-0.15, -0.1) is 0 Å². The van der Waals surface area contributed by atoms with Gasteiger partial charge >= 0.3 is 0 Å². The molecule has 150 valence electrons. The van der Waals surface area contributed by atoms with Crippen LogP contribution in [0.4, 0.5) is 0 Å². The third-order valence-electron chi connectivity index (χ3n) is 5.23. The predicted molar refractivity (Wildman–Crippen MR) is 114 cm³/mol. The standard InChI is InChI=1S/C24H32N2O2/c1-17-8-6-7-9-21(17)28-16-18-10-12-19(13-11-18)22(27)25-20-14-23(2,3)26-24(4,5)15-20/h6-13,20,26H,14-16H2,1-5H3,(H,25,27). The number of benzene rings is 2. The summed E-state index contributed by atoms with van der Waals surface area (Å²) in [6, 6.07) is 15.8. The van der Waals surface area contributed by atoms with Crippen molar-refractivity contribution in [3.63, 3.8) is 0 Å². The summed E-state index contributed by atoms with van der Waals surface area (Å²) in [5, 5.41) is 6.87. The smallest absolute Gasteiger partial charge is 0.251 e. The van der Waals surface area contributed by atoms with Crippen molar-refractivity contribution in [3.05, 3.63) is 65.2 Å². The normalized spacial score (nSPS) is 18.5. The largest absolute Gasteiger partial charge is 0.489 e. The third-order valence-corrected chi connectivity index (χ3v) is 5.23. The second kappa shape index (κ2) is 7.96. The summed E-state index contributed by atoms with van der Waals surface area (Å²) in [6.45, 7) is 11.3. The summed E-state index contributed by atoms with van der Waals surface area (Å²) >= 11 is 0. The topological polar surface area (TPSA) is 50.4 Å². The molecular formula is C24H32N2O2. The van der Waals surface area contributed by atoms with Crippen molar-refractivity contribution in [2.24, 2.45) is 0 Å². The summed E-state index contributed by atoms with van der Waals surface area (Å²) in [5.74, 6) is 0.880. The predicted octanol–water partition coefficient (Wildman–Crippen LogP) is 4.61. The number of piperidine rings is 1. The van der Waals surface area contributed by atoms with Crippen molar-refractivity contribution in [1.82, 2.24) is 10.6 Å². The lowest BCUT2D eigenvalue weighted by Crippen LogP contribution is -2.62. The molecule has 2 N–H and O–H groups in total. The number of para-hydroxylation sites is 1. The first-order valence-electron chi connectivity index (χ1n) is 10.0. The molecule has 1 fully saturated rings. The molecular weight excluding hydrogens is 348 g/mol. The zero-order valence-corrected chi connectivity index (χ0v) is 17.6. The van der Waals surface area contributed by atoms with E-state index in [0.717, 1.165) is 29.7 Å². The zero-order chi connectivity index (χ0) is 20.4. The summed E-state index contributed by atoms with van der Waals surface area (Å²) in [7, 11) is 0. The van der Waals surface area contributed by atoms with Gasteiger partial charge in [-0.25, -0.2) is 0 Å². The lowest BCUT2D eigenvalue weighted by Gasteiger charge is -2.46. The van der Waals surface area contributed by atoms with Crippen molar-refractivity contribution in [1.29, 1.82) is 0 Å². The zero-order valence-electron chi connectivity index (χ0n) is 17.6. The van der Waals surface area contributed by atoms with Crippen LogP contribution in [0.25, 0.3) is 0 Å². The first kappa shape index (κ1) is 20.4. The molecule has 0 unspecified atom stereocenters.